The van der Waals surface area contributed by atoms with Crippen LogP contribution in [0.4, 0.5) is 5.69 Å². The maximum atomic E-state index is 12.4. The Balaban J connectivity index is 1.34. The molecule has 0 aromatic heterocycles. The van der Waals surface area contributed by atoms with Crippen LogP contribution in [0, 0.1) is 5.92 Å². The topological polar surface area (TPSA) is 32.3 Å². The predicted molar refractivity (Wildman–Crippen MR) is 103 cm³/mol. The van der Waals surface area contributed by atoms with E-state index in [0.29, 0.717) is 12.2 Å². The molecule has 0 radical (unpaired) electrons. The third-order valence-corrected chi connectivity index (χ3v) is 6.85. The molecule has 0 bridgehead atoms. The molecule has 4 rings (SSSR count). The van der Waals surface area contributed by atoms with Crippen molar-refractivity contribution in [3.63, 3.8) is 0 Å². The van der Waals surface area contributed by atoms with Gasteiger partial charge < -0.3 is 10.2 Å². The molecule has 2 fully saturated rings. The number of ketones is 1. The molecule has 1 N–H and O–H groups in total. The summed E-state index contributed by atoms with van der Waals surface area (Å²) >= 11 is 0. The predicted octanol–water partition coefficient (Wildman–Crippen LogP) is 4.88. The minimum Gasteiger partial charge on any atom is -0.379 e. The Hall–Kier alpha value is -1.35. The summed E-state index contributed by atoms with van der Waals surface area (Å²) in [6.07, 6.45) is 12.7. The number of likely N-dealkylation sites (tertiary alicyclic amines) is 1. The van der Waals surface area contributed by atoms with Crippen molar-refractivity contribution in [1.29, 1.82) is 0 Å². The maximum absolute atomic E-state index is 12.4. The van der Waals surface area contributed by atoms with Crippen LogP contribution in [0.3, 0.4) is 0 Å². The Labute approximate surface area is 152 Å². The van der Waals surface area contributed by atoms with Crippen molar-refractivity contribution in [3.05, 3.63) is 29.8 Å². The number of nitrogens with zero attached hydrogens (tertiary/aromatic N) is 1. The van der Waals surface area contributed by atoms with Crippen LogP contribution in [0.2, 0.25) is 0 Å². The minimum absolute atomic E-state index is 0.129. The average Bonchev–Trinajstić information content (AvgIpc) is 2.80. The SMILES string of the molecule is O=C1CCC2(CCN(CCC3CCCCC3)CC2)Nc2ccccc21. The minimum atomic E-state index is 0.129. The van der Waals surface area contributed by atoms with Crippen molar-refractivity contribution in [1.82, 2.24) is 4.90 Å². The van der Waals surface area contributed by atoms with Gasteiger partial charge in [0.1, 0.15) is 0 Å². The molecule has 3 nitrogen and oxygen atoms in total. The lowest BCUT2D eigenvalue weighted by atomic mass is 9.82. The molecule has 25 heavy (non-hydrogen) atoms. The number of para-hydroxylation sites is 1. The lowest BCUT2D eigenvalue weighted by Gasteiger charge is -2.43. The molecule has 1 aliphatic carbocycles. The Kier molecular flexibility index (Phi) is 5.12. The first-order valence-electron chi connectivity index (χ1n) is 10.4. The highest BCUT2D eigenvalue weighted by Gasteiger charge is 2.37. The van der Waals surface area contributed by atoms with Gasteiger partial charge in [-0.1, -0.05) is 44.2 Å². The normalized spacial score (nSPS) is 24.6. The molecule has 1 saturated carbocycles. The fourth-order valence-corrected chi connectivity index (χ4v) is 5.09. The van der Waals surface area contributed by atoms with E-state index >= 15 is 0 Å². The van der Waals surface area contributed by atoms with Crippen LogP contribution in [-0.2, 0) is 0 Å². The summed E-state index contributed by atoms with van der Waals surface area (Å²) in [7, 11) is 0. The molecule has 0 amide bonds. The molecule has 1 aromatic rings. The molecule has 3 aliphatic rings. The molecular weight excluding hydrogens is 308 g/mol. The van der Waals surface area contributed by atoms with E-state index in [4.69, 9.17) is 0 Å². The highest BCUT2D eigenvalue weighted by Crippen LogP contribution is 2.36. The molecule has 0 atom stereocenters. The van der Waals surface area contributed by atoms with E-state index in [-0.39, 0.29) is 5.54 Å². The second kappa shape index (κ2) is 7.49. The van der Waals surface area contributed by atoms with Crippen LogP contribution in [0.1, 0.15) is 74.6 Å². The Morgan fingerprint density at radius 2 is 1.80 bits per heavy atom. The molecular formula is C22H32N2O. The summed E-state index contributed by atoms with van der Waals surface area (Å²) in [4.78, 5) is 15.1. The van der Waals surface area contributed by atoms with Crippen LogP contribution in [-0.4, -0.2) is 35.9 Å². The summed E-state index contributed by atoms with van der Waals surface area (Å²) in [6, 6.07) is 8.07. The Morgan fingerprint density at radius 1 is 1.04 bits per heavy atom. The number of hydrogen-bond donors (Lipinski definition) is 1. The largest absolute Gasteiger partial charge is 0.379 e. The summed E-state index contributed by atoms with van der Waals surface area (Å²) in [5.74, 6) is 1.28. The molecule has 0 unspecified atom stereocenters. The van der Waals surface area contributed by atoms with Crippen molar-refractivity contribution < 1.29 is 4.79 Å². The second-order valence-electron chi connectivity index (χ2n) is 8.51. The number of Topliss-reactive ketones (excluding diaryl/α,β-unsaturated/α-hetero) is 1. The first-order chi connectivity index (χ1) is 12.2. The summed E-state index contributed by atoms with van der Waals surface area (Å²) in [5, 5.41) is 3.78. The van der Waals surface area contributed by atoms with Crippen molar-refractivity contribution in [2.75, 3.05) is 25.0 Å². The molecule has 1 saturated heterocycles. The van der Waals surface area contributed by atoms with E-state index in [2.05, 4.69) is 16.3 Å². The van der Waals surface area contributed by atoms with Crippen molar-refractivity contribution in [3.8, 4) is 0 Å². The van der Waals surface area contributed by atoms with Crippen LogP contribution >= 0.6 is 0 Å². The number of nitrogens with one attached hydrogen (secondary N) is 1. The van der Waals surface area contributed by atoms with Gasteiger partial charge >= 0.3 is 0 Å². The maximum Gasteiger partial charge on any atom is 0.165 e. The third-order valence-electron chi connectivity index (χ3n) is 6.85. The van der Waals surface area contributed by atoms with Gasteiger partial charge in [0.05, 0.1) is 0 Å². The lowest BCUT2D eigenvalue weighted by Crippen LogP contribution is -2.49. The van der Waals surface area contributed by atoms with E-state index in [1.165, 1.54) is 71.0 Å². The highest BCUT2D eigenvalue weighted by molar-refractivity contribution is 6.02. The average molecular weight is 341 g/mol. The van der Waals surface area contributed by atoms with E-state index < -0.39 is 0 Å². The van der Waals surface area contributed by atoms with Gasteiger partial charge in [-0.3, -0.25) is 4.79 Å². The van der Waals surface area contributed by atoms with Gasteiger partial charge in [0.2, 0.25) is 0 Å². The standard InChI is InChI=1S/C22H32N2O/c25-21-10-12-22(23-20-9-5-4-8-19(20)21)13-16-24(17-14-22)15-11-18-6-2-1-3-7-18/h4-5,8-9,18,23H,1-3,6-7,10-17H2. The fourth-order valence-electron chi connectivity index (χ4n) is 5.09. The Morgan fingerprint density at radius 3 is 2.60 bits per heavy atom. The first kappa shape index (κ1) is 17.1. The second-order valence-corrected chi connectivity index (χ2v) is 8.51. The first-order valence-corrected chi connectivity index (χ1v) is 10.4. The van der Waals surface area contributed by atoms with Crippen LogP contribution in [0.15, 0.2) is 24.3 Å². The monoisotopic (exact) mass is 340 g/mol. The fraction of sp³-hybridized carbons (Fsp3) is 0.682. The van der Waals surface area contributed by atoms with Gasteiger partial charge in [0.15, 0.2) is 5.78 Å². The van der Waals surface area contributed by atoms with Gasteiger partial charge in [-0.2, -0.15) is 0 Å². The zero-order valence-corrected chi connectivity index (χ0v) is 15.4. The third kappa shape index (κ3) is 3.92. The zero-order chi connectivity index (χ0) is 17.1. The molecule has 2 aliphatic heterocycles. The number of rotatable bonds is 3. The van der Waals surface area contributed by atoms with Gasteiger partial charge in [0, 0.05) is 36.3 Å². The van der Waals surface area contributed by atoms with Crippen LogP contribution in [0.5, 0.6) is 0 Å². The van der Waals surface area contributed by atoms with Crippen molar-refractivity contribution in [2.45, 2.75) is 69.7 Å². The highest BCUT2D eigenvalue weighted by atomic mass is 16.1. The van der Waals surface area contributed by atoms with Gasteiger partial charge in [-0.05, 0) is 50.3 Å². The van der Waals surface area contributed by atoms with E-state index in [0.717, 1.165) is 23.6 Å². The molecule has 1 aromatic carbocycles. The number of carbonyl (C=O) groups excluding carboxylic acids is 1. The summed E-state index contributed by atoms with van der Waals surface area (Å²) in [6.45, 7) is 3.63. The molecule has 1 spiro atoms. The van der Waals surface area contributed by atoms with Crippen molar-refractivity contribution in [2.24, 2.45) is 5.92 Å². The lowest BCUT2D eigenvalue weighted by molar-refractivity contribution is 0.0963. The number of anilines is 1. The Bertz CT molecular complexity index is 598. The van der Waals surface area contributed by atoms with Gasteiger partial charge in [0.25, 0.3) is 0 Å². The molecule has 3 heteroatoms. The quantitative estimate of drug-likeness (QED) is 0.851. The van der Waals surface area contributed by atoms with Gasteiger partial charge in [-0.15, -0.1) is 0 Å². The number of piperidine rings is 1. The smallest absolute Gasteiger partial charge is 0.165 e. The summed E-state index contributed by atoms with van der Waals surface area (Å²) in [5.41, 5.74) is 2.07. The van der Waals surface area contributed by atoms with E-state index in [9.17, 15) is 4.79 Å². The van der Waals surface area contributed by atoms with E-state index in [1.54, 1.807) is 0 Å². The van der Waals surface area contributed by atoms with Crippen LogP contribution < -0.4 is 5.32 Å². The molecule has 2 heterocycles. The van der Waals surface area contributed by atoms with Crippen molar-refractivity contribution >= 4 is 11.5 Å². The number of fused-ring (bicyclic) bond motifs is 1. The van der Waals surface area contributed by atoms with Crippen LogP contribution in [0.25, 0.3) is 0 Å². The molecule has 136 valence electrons. The van der Waals surface area contributed by atoms with Gasteiger partial charge in [-0.25, -0.2) is 0 Å². The number of hydrogen-bond acceptors (Lipinski definition) is 3. The van der Waals surface area contributed by atoms with E-state index in [1.807, 2.05) is 18.2 Å². The summed E-state index contributed by atoms with van der Waals surface area (Å²) < 4.78 is 0. The zero-order valence-electron chi connectivity index (χ0n) is 15.4. The number of benzene rings is 1. The number of carbonyl (C=O) groups is 1.